The fraction of sp³-hybridized carbons (Fsp3) is 0.429. The Morgan fingerprint density at radius 2 is 2.15 bits per heavy atom. The van der Waals surface area contributed by atoms with Gasteiger partial charge in [-0.25, -0.2) is 8.42 Å². The second-order valence-electron chi connectivity index (χ2n) is 4.95. The van der Waals surface area contributed by atoms with Gasteiger partial charge in [0.25, 0.3) is 0 Å². The highest BCUT2D eigenvalue weighted by Crippen LogP contribution is 2.34. The third kappa shape index (κ3) is 2.98. The van der Waals surface area contributed by atoms with E-state index >= 15 is 0 Å². The van der Waals surface area contributed by atoms with Gasteiger partial charge in [-0.2, -0.15) is 4.31 Å². The average molecular weight is 360 g/mol. The second kappa shape index (κ2) is 5.97. The van der Waals surface area contributed by atoms with Crippen LogP contribution >= 0.6 is 15.9 Å². The van der Waals surface area contributed by atoms with Crippen molar-refractivity contribution in [2.24, 2.45) is 0 Å². The summed E-state index contributed by atoms with van der Waals surface area (Å²) in [5, 5.41) is 9.26. The number of rotatable bonds is 6. The molecule has 0 unspecified atom stereocenters. The highest BCUT2D eigenvalue weighted by molar-refractivity contribution is 9.10. The minimum Gasteiger partial charge on any atom is -0.392 e. The summed E-state index contributed by atoms with van der Waals surface area (Å²) in [5.74, 6) is 0. The minimum absolute atomic E-state index is 0.0777. The lowest BCUT2D eigenvalue weighted by atomic mass is 10.2. The summed E-state index contributed by atoms with van der Waals surface area (Å²) in [7, 11) is -3.56. The monoisotopic (exact) mass is 359 g/mol. The lowest BCUT2D eigenvalue weighted by Gasteiger charge is -2.22. The van der Waals surface area contributed by atoms with Crippen molar-refractivity contribution < 1.29 is 13.5 Å². The number of aliphatic hydroxyl groups excluding tert-OH is 1. The van der Waals surface area contributed by atoms with Crippen LogP contribution in [0.1, 0.15) is 24.0 Å². The van der Waals surface area contributed by atoms with Crippen LogP contribution in [0.4, 0.5) is 0 Å². The molecule has 1 aliphatic rings. The number of aliphatic hydroxyl groups is 1. The van der Waals surface area contributed by atoms with Crippen molar-refractivity contribution in [1.29, 1.82) is 0 Å². The lowest BCUT2D eigenvalue weighted by molar-refractivity contribution is 0.281. The Morgan fingerprint density at radius 1 is 1.50 bits per heavy atom. The van der Waals surface area contributed by atoms with Crippen molar-refractivity contribution in [3.8, 4) is 0 Å². The van der Waals surface area contributed by atoms with Crippen LogP contribution in [-0.2, 0) is 16.6 Å². The lowest BCUT2D eigenvalue weighted by Crippen LogP contribution is -2.33. The third-order valence-corrected chi connectivity index (χ3v) is 6.26. The normalized spacial score (nSPS) is 15.6. The van der Waals surface area contributed by atoms with Gasteiger partial charge in [-0.3, -0.25) is 0 Å². The maximum Gasteiger partial charge on any atom is 0.243 e. The summed E-state index contributed by atoms with van der Waals surface area (Å²) in [4.78, 5) is 0.254. The van der Waals surface area contributed by atoms with E-state index in [0.29, 0.717) is 22.1 Å². The van der Waals surface area contributed by atoms with Gasteiger partial charge in [0, 0.05) is 17.1 Å². The number of benzene rings is 1. The molecule has 0 saturated heterocycles. The van der Waals surface area contributed by atoms with Crippen LogP contribution in [-0.4, -0.2) is 30.4 Å². The zero-order valence-electron chi connectivity index (χ0n) is 11.3. The van der Waals surface area contributed by atoms with E-state index in [1.807, 2.05) is 0 Å². The standard InChI is InChI=1S/C14H18BrNO3S/c1-3-6-16(12-4-5-12)20(18,19)14-8-11(9-17)7-13(15)10(14)2/h3,7-8,12,17H,1,4-6,9H2,2H3. The molecule has 1 aromatic carbocycles. The molecule has 0 aromatic heterocycles. The first-order valence-corrected chi connectivity index (χ1v) is 8.67. The maximum atomic E-state index is 12.8. The van der Waals surface area contributed by atoms with Gasteiger partial charge in [0.15, 0.2) is 0 Å². The number of hydrogen-bond donors (Lipinski definition) is 1. The Morgan fingerprint density at radius 3 is 2.65 bits per heavy atom. The van der Waals surface area contributed by atoms with Gasteiger partial charge in [-0.1, -0.05) is 22.0 Å². The molecule has 6 heteroatoms. The number of nitrogens with zero attached hydrogens (tertiary/aromatic N) is 1. The van der Waals surface area contributed by atoms with E-state index in [4.69, 9.17) is 0 Å². The molecule has 0 radical (unpaired) electrons. The Balaban J connectivity index is 2.52. The molecule has 1 aliphatic carbocycles. The van der Waals surface area contributed by atoms with Crippen molar-refractivity contribution in [2.45, 2.75) is 37.3 Å². The summed E-state index contributed by atoms with van der Waals surface area (Å²) in [6, 6.07) is 3.37. The zero-order valence-corrected chi connectivity index (χ0v) is 13.7. The molecule has 0 bridgehead atoms. The van der Waals surface area contributed by atoms with Gasteiger partial charge in [0.2, 0.25) is 10.0 Å². The van der Waals surface area contributed by atoms with Crippen molar-refractivity contribution in [3.63, 3.8) is 0 Å². The largest absolute Gasteiger partial charge is 0.392 e. The summed E-state index contributed by atoms with van der Waals surface area (Å²) >= 11 is 3.36. The van der Waals surface area contributed by atoms with Gasteiger partial charge < -0.3 is 5.11 Å². The fourth-order valence-electron chi connectivity index (χ4n) is 2.13. The van der Waals surface area contributed by atoms with Crippen molar-refractivity contribution >= 4 is 26.0 Å². The molecular weight excluding hydrogens is 342 g/mol. The summed E-state index contributed by atoms with van der Waals surface area (Å²) in [5.41, 5.74) is 1.24. The summed E-state index contributed by atoms with van der Waals surface area (Å²) < 4.78 is 27.8. The quantitative estimate of drug-likeness (QED) is 0.794. The molecule has 1 N–H and O–H groups in total. The highest BCUT2D eigenvalue weighted by Gasteiger charge is 2.38. The molecule has 0 amide bonds. The second-order valence-corrected chi connectivity index (χ2v) is 7.67. The highest BCUT2D eigenvalue weighted by atomic mass is 79.9. The molecule has 0 heterocycles. The third-order valence-electron chi connectivity index (χ3n) is 3.39. The van der Waals surface area contributed by atoms with Crippen LogP contribution in [0.5, 0.6) is 0 Å². The Hall–Kier alpha value is -0.690. The summed E-state index contributed by atoms with van der Waals surface area (Å²) in [6.07, 6.45) is 3.40. The van der Waals surface area contributed by atoms with Crippen LogP contribution in [0.25, 0.3) is 0 Å². The predicted octanol–water partition coefficient (Wildman–Crippen LogP) is 2.59. The smallest absolute Gasteiger partial charge is 0.243 e. The van der Waals surface area contributed by atoms with Gasteiger partial charge in [-0.05, 0) is 43.0 Å². The molecule has 1 saturated carbocycles. The van der Waals surface area contributed by atoms with Crippen LogP contribution in [0.3, 0.4) is 0 Å². The van der Waals surface area contributed by atoms with Crippen LogP contribution in [0, 0.1) is 6.92 Å². The number of hydrogen-bond acceptors (Lipinski definition) is 3. The minimum atomic E-state index is -3.56. The van der Waals surface area contributed by atoms with E-state index in [2.05, 4.69) is 22.5 Å². The first-order valence-electron chi connectivity index (χ1n) is 6.44. The summed E-state index contributed by atoms with van der Waals surface area (Å²) in [6.45, 7) is 5.52. The molecule has 0 aliphatic heterocycles. The Bertz CT molecular complexity index is 624. The average Bonchev–Trinajstić information content (AvgIpc) is 3.22. The molecular formula is C14H18BrNO3S. The van der Waals surface area contributed by atoms with E-state index in [1.54, 1.807) is 25.1 Å². The fourth-order valence-corrected chi connectivity index (χ4v) is 4.72. The molecule has 0 spiro atoms. The van der Waals surface area contributed by atoms with Crippen LogP contribution in [0.15, 0.2) is 34.2 Å². The zero-order chi connectivity index (χ0) is 14.9. The Labute approximate surface area is 128 Å². The first kappa shape index (κ1) is 15.7. The SMILES string of the molecule is C=CCN(C1CC1)S(=O)(=O)c1cc(CO)cc(Br)c1C. The maximum absolute atomic E-state index is 12.8. The van der Waals surface area contributed by atoms with Crippen molar-refractivity contribution in [2.75, 3.05) is 6.54 Å². The van der Waals surface area contributed by atoms with Gasteiger partial charge in [-0.15, -0.1) is 6.58 Å². The van der Waals surface area contributed by atoms with E-state index in [9.17, 15) is 13.5 Å². The van der Waals surface area contributed by atoms with Crippen molar-refractivity contribution in [3.05, 3.63) is 40.4 Å². The number of halogens is 1. The predicted molar refractivity (Wildman–Crippen MR) is 81.9 cm³/mol. The van der Waals surface area contributed by atoms with E-state index < -0.39 is 10.0 Å². The van der Waals surface area contributed by atoms with E-state index in [1.165, 1.54) is 4.31 Å². The van der Waals surface area contributed by atoms with Crippen LogP contribution in [0.2, 0.25) is 0 Å². The topological polar surface area (TPSA) is 57.6 Å². The Kier molecular flexibility index (Phi) is 4.69. The van der Waals surface area contributed by atoms with Crippen LogP contribution < -0.4 is 0 Å². The van der Waals surface area contributed by atoms with Gasteiger partial charge in [0.05, 0.1) is 11.5 Å². The van der Waals surface area contributed by atoms with Gasteiger partial charge in [0.1, 0.15) is 0 Å². The molecule has 2 rings (SSSR count). The molecule has 110 valence electrons. The van der Waals surface area contributed by atoms with Gasteiger partial charge >= 0.3 is 0 Å². The molecule has 1 fully saturated rings. The van der Waals surface area contributed by atoms with E-state index in [0.717, 1.165) is 12.8 Å². The molecule has 1 aromatic rings. The first-order chi connectivity index (χ1) is 9.41. The molecule has 0 atom stereocenters. The van der Waals surface area contributed by atoms with E-state index in [-0.39, 0.29) is 17.5 Å². The molecule has 4 nitrogen and oxygen atoms in total. The number of sulfonamides is 1. The molecule has 20 heavy (non-hydrogen) atoms. The van der Waals surface area contributed by atoms with Crippen molar-refractivity contribution in [1.82, 2.24) is 4.31 Å².